The fraction of sp³-hybridized carbons (Fsp3) is 0.429. The molecule has 0 aliphatic carbocycles. The van der Waals surface area contributed by atoms with Crippen molar-refractivity contribution < 1.29 is 23.8 Å². The topological polar surface area (TPSA) is 61.8 Å². The van der Waals surface area contributed by atoms with Crippen molar-refractivity contribution in [2.24, 2.45) is 0 Å². The van der Waals surface area contributed by atoms with Gasteiger partial charge in [-0.1, -0.05) is 6.07 Å². The van der Waals surface area contributed by atoms with Crippen LogP contribution < -0.4 is 4.74 Å². The predicted octanol–water partition coefficient (Wildman–Crippen LogP) is 2.20. The Morgan fingerprint density at radius 2 is 2.05 bits per heavy atom. The molecule has 0 aromatic heterocycles. The van der Waals surface area contributed by atoms with Gasteiger partial charge in [0, 0.05) is 6.42 Å². The molecule has 19 heavy (non-hydrogen) atoms. The first kappa shape index (κ1) is 15.0. The number of carbonyl (C=O) groups is 2. The highest BCUT2D eigenvalue weighted by Crippen LogP contribution is 2.14. The lowest BCUT2D eigenvalue weighted by Gasteiger charge is -2.07. The Labute approximate surface area is 112 Å². The Hall–Kier alpha value is -2.04. The minimum atomic E-state index is -0.373. The van der Waals surface area contributed by atoms with Crippen LogP contribution in [-0.4, -0.2) is 32.3 Å². The number of esters is 2. The molecule has 0 bridgehead atoms. The van der Waals surface area contributed by atoms with E-state index in [1.807, 2.05) is 0 Å². The molecular formula is C14H18O5. The zero-order valence-corrected chi connectivity index (χ0v) is 11.2. The molecule has 0 aliphatic rings. The van der Waals surface area contributed by atoms with Crippen molar-refractivity contribution in [3.05, 3.63) is 29.8 Å². The average Bonchev–Trinajstić information content (AvgIpc) is 2.44. The van der Waals surface area contributed by atoms with E-state index in [0.29, 0.717) is 37.4 Å². The number of benzene rings is 1. The number of hydrogen-bond acceptors (Lipinski definition) is 5. The summed E-state index contributed by atoms with van der Waals surface area (Å²) in [5, 5.41) is 0. The molecule has 5 nitrogen and oxygen atoms in total. The molecule has 0 saturated heterocycles. The van der Waals surface area contributed by atoms with Gasteiger partial charge in [-0.3, -0.25) is 4.79 Å². The van der Waals surface area contributed by atoms with Gasteiger partial charge in [0.1, 0.15) is 5.75 Å². The number of hydrogen-bond donors (Lipinski definition) is 0. The smallest absolute Gasteiger partial charge is 0.338 e. The van der Waals surface area contributed by atoms with Crippen molar-refractivity contribution in [1.29, 1.82) is 0 Å². The van der Waals surface area contributed by atoms with Crippen molar-refractivity contribution in [3.8, 4) is 5.75 Å². The first-order chi connectivity index (χ1) is 9.17. The lowest BCUT2D eigenvalue weighted by atomic mass is 10.2. The third kappa shape index (κ3) is 5.42. The van der Waals surface area contributed by atoms with E-state index in [4.69, 9.17) is 9.47 Å². The molecule has 0 N–H and O–H groups in total. The molecule has 5 heteroatoms. The van der Waals surface area contributed by atoms with E-state index in [2.05, 4.69) is 4.74 Å². The second-order valence-electron chi connectivity index (χ2n) is 3.78. The van der Waals surface area contributed by atoms with Crippen LogP contribution in [0.2, 0.25) is 0 Å². The summed E-state index contributed by atoms with van der Waals surface area (Å²) in [5.41, 5.74) is 0.451. The van der Waals surface area contributed by atoms with Gasteiger partial charge >= 0.3 is 11.9 Å². The molecule has 1 aromatic carbocycles. The molecule has 104 valence electrons. The molecule has 1 rings (SSSR count). The summed E-state index contributed by atoms with van der Waals surface area (Å²) in [6.07, 6.45) is 0.879. The zero-order chi connectivity index (χ0) is 14.1. The minimum absolute atomic E-state index is 0.260. The molecule has 0 spiro atoms. The van der Waals surface area contributed by atoms with Crippen LogP contribution in [0.1, 0.15) is 30.1 Å². The number of carbonyl (C=O) groups excluding carboxylic acids is 2. The van der Waals surface area contributed by atoms with Gasteiger partial charge in [0.15, 0.2) is 0 Å². The second kappa shape index (κ2) is 8.13. The first-order valence-corrected chi connectivity index (χ1v) is 6.14. The largest absolute Gasteiger partial charge is 0.494 e. The van der Waals surface area contributed by atoms with Gasteiger partial charge < -0.3 is 14.2 Å². The Morgan fingerprint density at radius 1 is 1.26 bits per heavy atom. The maximum absolute atomic E-state index is 11.5. The fourth-order valence-corrected chi connectivity index (χ4v) is 1.44. The van der Waals surface area contributed by atoms with Crippen molar-refractivity contribution in [1.82, 2.24) is 0 Å². The van der Waals surface area contributed by atoms with E-state index in [-0.39, 0.29) is 11.9 Å². The maximum Gasteiger partial charge on any atom is 0.338 e. The summed E-state index contributed by atoms with van der Waals surface area (Å²) in [6.45, 7) is 2.48. The van der Waals surface area contributed by atoms with E-state index < -0.39 is 0 Å². The van der Waals surface area contributed by atoms with Gasteiger partial charge in [-0.25, -0.2) is 4.79 Å². The predicted molar refractivity (Wildman–Crippen MR) is 69.1 cm³/mol. The van der Waals surface area contributed by atoms with Gasteiger partial charge in [-0.2, -0.15) is 0 Å². The van der Waals surface area contributed by atoms with Crippen LogP contribution >= 0.6 is 0 Å². The normalized spacial score (nSPS) is 9.79. The van der Waals surface area contributed by atoms with E-state index >= 15 is 0 Å². The Balaban J connectivity index is 2.44. The van der Waals surface area contributed by atoms with Crippen LogP contribution in [0.3, 0.4) is 0 Å². The number of ether oxygens (including phenoxy) is 3. The zero-order valence-electron chi connectivity index (χ0n) is 11.2. The highest BCUT2D eigenvalue weighted by molar-refractivity contribution is 5.89. The summed E-state index contributed by atoms with van der Waals surface area (Å²) in [4.78, 5) is 22.4. The van der Waals surface area contributed by atoms with Gasteiger partial charge in [0.2, 0.25) is 0 Å². The molecule has 1 aromatic rings. The van der Waals surface area contributed by atoms with Gasteiger partial charge in [0.05, 0.1) is 25.9 Å². The van der Waals surface area contributed by atoms with Crippen LogP contribution in [0, 0.1) is 0 Å². The van der Waals surface area contributed by atoms with Gasteiger partial charge in [-0.15, -0.1) is 0 Å². The molecule has 0 atom stereocenters. The van der Waals surface area contributed by atoms with Crippen molar-refractivity contribution in [2.45, 2.75) is 19.8 Å². The molecule has 0 saturated carbocycles. The maximum atomic E-state index is 11.5. The van der Waals surface area contributed by atoms with Gasteiger partial charge in [0.25, 0.3) is 0 Å². The summed E-state index contributed by atoms with van der Waals surface area (Å²) in [7, 11) is 1.35. The summed E-state index contributed by atoms with van der Waals surface area (Å²) in [5.74, 6) is -0.0539. The lowest BCUT2D eigenvalue weighted by Crippen LogP contribution is -2.06. The molecule has 0 amide bonds. The van der Waals surface area contributed by atoms with Crippen molar-refractivity contribution >= 4 is 11.9 Å². The highest BCUT2D eigenvalue weighted by atomic mass is 16.5. The molecule has 0 aliphatic heterocycles. The molecule has 0 fully saturated rings. The van der Waals surface area contributed by atoms with E-state index in [1.54, 1.807) is 31.2 Å². The Kier molecular flexibility index (Phi) is 6.43. The van der Waals surface area contributed by atoms with Crippen LogP contribution in [0.4, 0.5) is 0 Å². The summed E-state index contributed by atoms with van der Waals surface area (Å²) >= 11 is 0. The number of rotatable bonds is 7. The summed E-state index contributed by atoms with van der Waals surface area (Å²) in [6, 6.07) is 6.76. The van der Waals surface area contributed by atoms with Crippen molar-refractivity contribution in [3.63, 3.8) is 0 Å². The van der Waals surface area contributed by atoms with Crippen LogP contribution in [0.5, 0.6) is 5.75 Å². The van der Waals surface area contributed by atoms with Crippen LogP contribution in [-0.2, 0) is 14.3 Å². The lowest BCUT2D eigenvalue weighted by molar-refractivity contribution is -0.140. The van der Waals surface area contributed by atoms with E-state index in [9.17, 15) is 9.59 Å². The Bertz CT molecular complexity index is 428. The third-order valence-electron chi connectivity index (χ3n) is 2.37. The fourth-order valence-electron chi connectivity index (χ4n) is 1.44. The Morgan fingerprint density at radius 3 is 2.74 bits per heavy atom. The third-order valence-corrected chi connectivity index (χ3v) is 2.37. The SMILES string of the molecule is CCOC(=O)c1cccc(OCCCC(=O)OC)c1. The second-order valence-corrected chi connectivity index (χ2v) is 3.78. The monoisotopic (exact) mass is 266 g/mol. The van der Waals surface area contributed by atoms with Crippen LogP contribution in [0.25, 0.3) is 0 Å². The standard InChI is InChI=1S/C14H18O5/c1-3-18-14(16)11-6-4-7-12(10-11)19-9-5-8-13(15)17-2/h4,6-7,10H,3,5,8-9H2,1-2H3. The number of methoxy groups -OCH3 is 1. The minimum Gasteiger partial charge on any atom is -0.494 e. The van der Waals surface area contributed by atoms with Crippen LogP contribution in [0.15, 0.2) is 24.3 Å². The highest BCUT2D eigenvalue weighted by Gasteiger charge is 2.07. The first-order valence-electron chi connectivity index (χ1n) is 6.14. The molecule has 0 radical (unpaired) electrons. The molecule has 0 heterocycles. The molecular weight excluding hydrogens is 248 g/mol. The quantitative estimate of drug-likeness (QED) is 0.559. The van der Waals surface area contributed by atoms with E-state index in [1.165, 1.54) is 7.11 Å². The summed E-state index contributed by atoms with van der Waals surface area (Å²) < 4.78 is 14.9. The van der Waals surface area contributed by atoms with Crippen molar-refractivity contribution in [2.75, 3.05) is 20.3 Å². The van der Waals surface area contributed by atoms with E-state index in [0.717, 1.165) is 0 Å². The molecule has 0 unspecified atom stereocenters. The average molecular weight is 266 g/mol. The van der Waals surface area contributed by atoms with Gasteiger partial charge in [-0.05, 0) is 31.5 Å².